The number of aromatic nitrogens is 2. The Morgan fingerprint density at radius 2 is 1.97 bits per heavy atom. The van der Waals surface area contributed by atoms with Gasteiger partial charge < -0.3 is 10.1 Å². The summed E-state index contributed by atoms with van der Waals surface area (Å²) < 4.78 is 35.1. The minimum Gasteiger partial charge on any atom is -0.492 e. The first kappa shape index (κ1) is 20.6. The molecule has 0 aliphatic carbocycles. The van der Waals surface area contributed by atoms with Crippen LogP contribution < -0.4 is 14.8 Å². The average molecular weight is 427 g/mol. The summed E-state index contributed by atoms with van der Waals surface area (Å²) in [5.74, 6) is 1.09. The fraction of sp³-hybridized carbons (Fsp3) is 0.318. The molecule has 1 aliphatic heterocycles. The van der Waals surface area contributed by atoms with Gasteiger partial charge in [0.2, 0.25) is 10.0 Å². The second-order valence-corrected chi connectivity index (χ2v) is 9.32. The van der Waals surface area contributed by atoms with Crippen molar-refractivity contribution >= 4 is 10.0 Å². The first-order chi connectivity index (χ1) is 14.5. The van der Waals surface area contributed by atoms with E-state index >= 15 is 0 Å². The highest BCUT2D eigenvalue weighted by atomic mass is 32.2. The van der Waals surface area contributed by atoms with E-state index < -0.39 is 10.0 Å². The molecule has 158 valence electrons. The number of benzene rings is 2. The summed E-state index contributed by atoms with van der Waals surface area (Å²) in [5.41, 5.74) is 3.25. The van der Waals surface area contributed by atoms with Crippen molar-refractivity contribution in [2.75, 3.05) is 13.7 Å². The molecular formula is C22H26N4O3S. The van der Waals surface area contributed by atoms with Gasteiger partial charge in [0.15, 0.2) is 0 Å². The van der Waals surface area contributed by atoms with Crippen LogP contribution in [-0.2, 0) is 30.0 Å². The number of sulfonamides is 1. The lowest BCUT2D eigenvalue weighted by molar-refractivity contribution is 0.218. The monoisotopic (exact) mass is 426 g/mol. The summed E-state index contributed by atoms with van der Waals surface area (Å²) in [4.78, 5) is 0.156. The van der Waals surface area contributed by atoms with Crippen molar-refractivity contribution in [2.24, 2.45) is 7.05 Å². The maximum Gasteiger partial charge on any atom is 0.243 e. The molecule has 3 aromatic rings. The van der Waals surface area contributed by atoms with E-state index in [1.807, 2.05) is 37.4 Å². The van der Waals surface area contributed by atoms with Crippen LogP contribution in [0.4, 0.5) is 0 Å². The van der Waals surface area contributed by atoms with Crippen LogP contribution in [0.25, 0.3) is 0 Å². The summed E-state index contributed by atoms with van der Waals surface area (Å²) in [5, 5.41) is 7.31. The Balaban J connectivity index is 1.57. The third kappa shape index (κ3) is 4.40. The van der Waals surface area contributed by atoms with Gasteiger partial charge in [-0.1, -0.05) is 42.5 Å². The molecule has 0 saturated carbocycles. The minimum atomic E-state index is -3.61. The van der Waals surface area contributed by atoms with Crippen LogP contribution in [-0.4, -0.2) is 37.9 Å². The number of fused-ring (bicyclic) bond motifs is 1. The number of rotatable bonds is 7. The standard InChI is InChI=1S/C22H26N4O3S/c1-23-21-15-29-22-9-8-17(12-25-30(27,28)18-13-24-26(2)14-18)11-20(22)19(21)10-16-6-4-3-5-7-16/h3-9,11,13-14,19,21,23,25H,10,12,15H2,1-2H3/t19-,21+/m1/s1. The Morgan fingerprint density at radius 3 is 2.67 bits per heavy atom. The van der Waals surface area contributed by atoms with E-state index in [0.717, 1.165) is 23.3 Å². The molecule has 0 saturated heterocycles. The fourth-order valence-corrected chi connectivity index (χ4v) is 4.85. The predicted octanol–water partition coefficient (Wildman–Crippen LogP) is 2.21. The van der Waals surface area contributed by atoms with Crippen LogP contribution in [0.5, 0.6) is 5.75 Å². The van der Waals surface area contributed by atoms with Crippen LogP contribution in [0.1, 0.15) is 22.6 Å². The van der Waals surface area contributed by atoms with Gasteiger partial charge in [0, 0.05) is 31.7 Å². The third-order valence-corrected chi connectivity index (χ3v) is 6.86. The molecule has 0 radical (unpaired) electrons. The molecule has 2 aromatic carbocycles. The van der Waals surface area contributed by atoms with Crippen molar-refractivity contribution < 1.29 is 13.2 Å². The van der Waals surface area contributed by atoms with Gasteiger partial charge in [-0.2, -0.15) is 5.10 Å². The van der Waals surface area contributed by atoms with Gasteiger partial charge >= 0.3 is 0 Å². The van der Waals surface area contributed by atoms with Gasteiger partial charge in [-0.15, -0.1) is 0 Å². The second kappa shape index (κ2) is 8.59. The van der Waals surface area contributed by atoms with Crippen molar-refractivity contribution in [3.05, 3.63) is 77.6 Å². The number of ether oxygens (including phenoxy) is 1. The van der Waals surface area contributed by atoms with Crippen LogP contribution in [0.2, 0.25) is 0 Å². The number of hydrogen-bond acceptors (Lipinski definition) is 5. The zero-order valence-electron chi connectivity index (χ0n) is 17.1. The lowest BCUT2D eigenvalue weighted by atomic mass is 9.83. The molecule has 4 rings (SSSR count). The lowest BCUT2D eigenvalue weighted by Gasteiger charge is -2.34. The highest BCUT2D eigenvalue weighted by Crippen LogP contribution is 2.36. The van der Waals surface area contributed by atoms with Crippen molar-refractivity contribution in [2.45, 2.75) is 29.8 Å². The molecule has 2 N–H and O–H groups in total. The van der Waals surface area contributed by atoms with E-state index in [4.69, 9.17) is 4.74 Å². The second-order valence-electron chi connectivity index (χ2n) is 7.55. The number of likely N-dealkylation sites (N-methyl/N-ethyl adjacent to an activating group) is 1. The first-order valence-electron chi connectivity index (χ1n) is 9.91. The maximum absolute atomic E-state index is 12.5. The number of nitrogens with zero attached hydrogens (tertiary/aromatic N) is 2. The zero-order chi connectivity index (χ0) is 21.1. The highest BCUT2D eigenvalue weighted by Gasteiger charge is 2.30. The van der Waals surface area contributed by atoms with E-state index in [1.54, 1.807) is 7.05 Å². The fourth-order valence-electron chi connectivity index (χ4n) is 3.85. The molecule has 7 nitrogen and oxygen atoms in total. The molecule has 0 bridgehead atoms. The van der Waals surface area contributed by atoms with Gasteiger partial charge in [0.05, 0.1) is 6.20 Å². The summed E-state index contributed by atoms with van der Waals surface area (Å²) in [6, 6.07) is 16.5. The molecule has 2 heterocycles. The molecule has 0 fully saturated rings. The van der Waals surface area contributed by atoms with Gasteiger partial charge in [0.25, 0.3) is 0 Å². The number of aryl methyl sites for hydroxylation is 1. The summed E-state index contributed by atoms with van der Waals surface area (Å²) in [6.07, 6.45) is 3.71. The maximum atomic E-state index is 12.5. The third-order valence-electron chi connectivity index (χ3n) is 5.50. The van der Waals surface area contributed by atoms with E-state index in [-0.39, 0.29) is 23.4 Å². The largest absolute Gasteiger partial charge is 0.492 e. The molecule has 1 aromatic heterocycles. The van der Waals surface area contributed by atoms with Crippen molar-refractivity contribution in [3.8, 4) is 5.75 Å². The SMILES string of the molecule is CN[C@H]1COc2ccc(CNS(=O)(=O)c3cnn(C)c3)cc2[C@H]1Cc1ccccc1. The molecule has 0 amide bonds. The van der Waals surface area contributed by atoms with Gasteiger partial charge in [-0.3, -0.25) is 4.68 Å². The Labute approximate surface area is 177 Å². The highest BCUT2D eigenvalue weighted by molar-refractivity contribution is 7.89. The smallest absolute Gasteiger partial charge is 0.243 e. The minimum absolute atomic E-state index is 0.156. The van der Waals surface area contributed by atoms with E-state index in [0.29, 0.717) is 6.61 Å². The average Bonchev–Trinajstić information content (AvgIpc) is 3.21. The van der Waals surface area contributed by atoms with Gasteiger partial charge in [0.1, 0.15) is 17.3 Å². The molecular weight excluding hydrogens is 400 g/mol. The first-order valence-corrected chi connectivity index (χ1v) is 11.4. The van der Waals surface area contributed by atoms with Crippen LogP contribution in [0.15, 0.2) is 65.8 Å². The van der Waals surface area contributed by atoms with Gasteiger partial charge in [-0.05, 0) is 36.2 Å². The Hall–Kier alpha value is -2.68. The Morgan fingerprint density at radius 1 is 1.17 bits per heavy atom. The number of nitrogens with one attached hydrogen (secondary N) is 2. The van der Waals surface area contributed by atoms with Crippen molar-refractivity contribution in [3.63, 3.8) is 0 Å². The predicted molar refractivity (Wildman–Crippen MR) is 115 cm³/mol. The van der Waals surface area contributed by atoms with Crippen molar-refractivity contribution in [1.82, 2.24) is 19.8 Å². The molecule has 30 heavy (non-hydrogen) atoms. The number of hydrogen-bond donors (Lipinski definition) is 2. The van der Waals surface area contributed by atoms with E-state index in [2.05, 4.69) is 33.3 Å². The summed E-state index contributed by atoms with van der Waals surface area (Å²) >= 11 is 0. The quantitative estimate of drug-likeness (QED) is 0.605. The molecule has 0 unspecified atom stereocenters. The zero-order valence-corrected chi connectivity index (χ0v) is 17.9. The normalized spacial score (nSPS) is 18.6. The summed E-state index contributed by atoms with van der Waals surface area (Å²) in [6.45, 7) is 0.806. The van der Waals surface area contributed by atoms with E-state index in [1.165, 1.54) is 22.6 Å². The van der Waals surface area contributed by atoms with Crippen LogP contribution in [0, 0.1) is 0 Å². The van der Waals surface area contributed by atoms with Crippen LogP contribution >= 0.6 is 0 Å². The van der Waals surface area contributed by atoms with Crippen LogP contribution in [0.3, 0.4) is 0 Å². The van der Waals surface area contributed by atoms with Crippen molar-refractivity contribution in [1.29, 1.82) is 0 Å². The molecule has 0 spiro atoms. The molecule has 2 atom stereocenters. The summed E-state index contributed by atoms with van der Waals surface area (Å²) in [7, 11) is 0.0220. The van der Waals surface area contributed by atoms with E-state index in [9.17, 15) is 8.42 Å². The molecule has 8 heteroatoms. The Bertz CT molecular complexity index is 1110. The molecule has 1 aliphatic rings. The topological polar surface area (TPSA) is 85.2 Å². The lowest BCUT2D eigenvalue weighted by Crippen LogP contribution is -2.41. The van der Waals surface area contributed by atoms with Gasteiger partial charge in [-0.25, -0.2) is 13.1 Å². The Kier molecular flexibility index (Phi) is 5.90.